The molecule has 166 valence electrons. The molecule has 2 aromatic rings. The predicted molar refractivity (Wildman–Crippen MR) is 121 cm³/mol. The maximum absolute atomic E-state index is 14.7. The number of esters is 1. The standard InChI is InChI=1S/C26H27FN2O3/c1-6-26(31)19-10-22(29(5)15(4)18(19)12-32-25(26)30)24-14(3)17-9-7-8-16-13(2)20(27)11-21(28-24)23(16)17/h10-11,31H,4,6-9,12H2,1-3,5H3/t26-/m0/s1. The summed E-state index contributed by atoms with van der Waals surface area (Å²) in [5.41, 5.74) is 6.25. The number of halogens is 1. The molecule has 0 saturated heterocycles. The lowest BCUT2D eigenvalue weighted by atomic mass is 9.80. The monoisotopic (exact) mass is 434 g/mol. The minimum atomic E-state index is -1.72. The van der Waals surface area contributed by atoms with Crippen LogP contribution in [0.15, 0.2) is 35.6 Å². The number of likely N-dealkylation sites (N-methyl/N-ethyl adjacent to an activating group) is 1. The van der Waals surface area contributed by atoms with E-state index < -0.39 is 11.6 Å². The third-order valence-corrected chi connectivity index (χ3v) is 7.43. The van der Waals surface area contributed by atoms with Gasteiger partial charge in [-0.2, -0.15) is 0 Å². The molecule has 5 rings (SSSR count). The van der Waals surface area contributed by atoms with Crippen molar-refractivity contribution in [1.29, 1.82) is 0 Å². The molecule has 6 heteroatoms. The van der Waals surface area contributed by atoms with Crippen molar-refractivity contribution in [2.75, 3.05) is 13.7 Å². The number of nitrogens with zero attached hydrogens (tertiary/aromatic N) is 2. The van der Waals surface area contributed by atoms with Crippen LogP contribution in [-0.4, -0.2) is 40.2 Å². The van der Waals surface area contributed by atoms with E-state index in [-0.39, 0.29) is 18.8 Å². The fourth-order valence-corrected chi connectivity index (χ4v) is 5.35. The molecule has 0 bridgehead atoms. The van der Waals surface area contributed by atoms with Gasteiger partial charge in [0.15, 0.2) is 5.60 Å². The van der Waals surface area contributed by atoms with E-state index in [0.29, 0.717) is 27.9 Å². The lowest BCUT2D eigenvalue weighted by Gasteiger charge is -2.40. The number of pyridine rings is 1. The van der Waals surface area contributed by atoms with Crippen molar-refractivity contribution in [3.63, 3.8) is 0 Å². The Morgan fingerprint density at radius 2 is 1.97 bits per heavy atom. The number of cyclic esters (lactones) is 1. The minimum absolute atomic E-state index is 0.0761. The fraction of sp³-hybridized carbons (Fsp3) is 0.385. The summed E-state index contributed by atoms with van der Waals surface area (Å²) in [6, 6.07) is 1.52. The summed E-state index contributed by atoms with van der Waals surface area (Å²) >= 11 is 0. The number of aryl methyl sites for hydroxylation is 2. The molecule has 1 atom stereocenters. The molecule has 3 aliphatic rings. The van der Waals surface area contributed by atoms with E-state index in [0.717, 1.165) is 47.2 Å². The van der Waals surface area contributed by atoms with Crippen molar-refractivity contribution in [2.24, 2.45) is 0 Å². The first-order valence-electron chi connectivity index (χ1n) is 11.1. The first-order valence-corrected chi connectivity index (χ1v) is 11.1. The number of aromatic nitrogens is 1. The van der Waals surface area contributed by atoms with Crippen LogP contribution in [-0.2, 0) is 22.4 Å². The minimum Gasteiger partial charge on any atom is -0.458 e. The van der Waals surface area contributed by atoms with Crippen LogP contribution in [0, 0.1) is 19.7 Å². The highest BCUT2D eigenvalue weighted by Gasteiger charge is 2.46. The van der Waals surface area contributed by atoms with Gasteiger partial charge in [-0.15, -0.1) is 0 Å². The zero-order valence-corrected chi connectivity index (χ0v) is 18.9. The van der Waals surface area contributed by atoms with Crippen molar-refractivity contribution in [3.8, 4) is 0 Å². The molecule has 0 saturated carbocycles. The fourth-order valence-electron chi connectivity index (χ4n) is 5.35. The molecular weight excluding hydrogens is 407 g/mol. The second-order valence-electron chi connectivity index (χ2n) is 8.99. The number of aliphatic hydroxyl groups is 1. The van der Waals surface area contributed by atoms with Crippen LogP contribution < -0.4 is 0 Å². The summed E-state index contributed by atoms with van der Waals surface area (Å²) in [6.45, 7) is 9.92. The molecule has 0 fully saturated rings. The number of rotatable bonds is 2. The number of benzene rings is 1. The molecular formula is C26H27FN2O3. The van der Waals surface area contributed by atoms with Crippen LogP contribution in [0.2, 0.25) is 0 Å². The molecule has 3 heterocycles. The van der Waals surface area contributed by atoms with Crippen LogP contribution in [0.5, 0.6) is 0 Å². The Labute approximate surface area is 186 Å². The lowest BCUT2D eigenvalue weighted by Crippen LogP contribution is -2.47. The summed E-state index contributed by atoms with van der Waals surface area (Å²) in [4.78, 5) is 19.3. The first kappa shape index (κ1) is 20.9. The van der Waals surface area contributed by atoms with Gasteiger partial charge in [0, 0.05) is 35.3 Å². The molecule has 1 aromatic carbocycles. The SMILES string of the molecule is C=C1C2=C(C=C(c3nc4cc(F)c(C)c5c4c(c3C)CCC5)N1C)[C@@](O)(CC)C(=O)OC2. The van der Waals surface area contributed by atoms with Gasteiger partial charge in [-0.25, -0.2) is 14.2 Å². The summed E-state index contributed by atoms with van der Waals surface area (Å²) in [5.74, 6) is -0.884. The van der Waals surface area contributed by atoms with Gasteiger partial charge >= 0.3 is 5.97 Å². The Balaban J connectivity index is 1.79. The predicted octanol–water partition coefficient (Wildman–Crippen LogP) is 4.27. The highest BCUT2D eigenvalue weighted by Crippen LogP contribution is 2.43. The van der Waals surface area contributed by atoms with Crippen LogP contribution in [0.4, 0.5) is 4.39 Å². The molecule has 0 radical (unpaired) electrons. The van der Waals surface area contributed by atoms with Gasteiger partial charge in [-0.1, -0.05) is 13.5 Å². The van der Waals surface area contributed by atoms with Crippen molar-refractivity contribution >= 4 is 22.6 Å². The maximum Gasteiger partial charge on any atom is 0.343 e. The van der Waals surface area contributed by atoms with Gasteiger partial charge in [-0.3, -0.25) is 0 Å². The van der Waals surface area contributed by atoms with Crippen LogP contribution in [0.25, 0.3) is 16.6 Å². The van der Waals surface area contributed by atoms with Gasteiger partial charge < -0.3 is 14.7 Å². The second kappa shape index (κ2) is 7.01. The summed E-state index contributed by atoms with van der Waals surface area (Å²) in [6.07, 6.45) is 4.75. The van der Waals surface area contributed by atoms with Crippen LogP contribution in [0.1, 0.15) is 47.7 Å². The molecule has 1 aromatic heterocycles. The Kier molecular flexibility index (Phi) is 4.57. The van der Waals surface area contributed by atoms with E-state index in [4.69, 9.17) is 9.72 Å². The Morgan fingerprint density at radius 1 is 1.28 bits per heavy atom. The van der Waals surface area contributed by atoms with E-state index in [1.807, 2.05) is 31.9 Å². The average molecular weight is 435 g/mol. The van der Waals surface area contributed by atoms with E-state index in [1.54, 1.807) is 6.92 Å². The van der Waals surface area contributed by atoms with Gasteiger partial charge in [-0.05, 0) is 67.9 Å². The van der Waals surface area contributed by atoms with E-state index in [9.17, 15) is 14.3 Å². The zero-order chi connectivity index (χ0) is 22.9. The second-order valence-corrected chi connectivity index (χ2v) is 8.99. The highest BCUT2D eigenvalue weighted by atomic mass is 19.1. The third-order valence-electron chi connectivity index (χ3n) is 7.43. The summed E-state index contributed by atoms with van der Waals surface area (Å²) in [7, 11) is 1.89. The highest BCUT2D eigenvalue weighted by molar-refractivity contribution is 5.93. The number of hydrogen-bond acceptors (Lipinski definition) is 5. The topological polar surface area (TPSA) is 62.7 Å². The first-order chi connectivity index (χ1) is 15.2. The molecule has 32 heavy (non-hydrogen) atoms. The van der Waals surface area contributed by atoms with E-state index >= 15 is 0 Å². The van der Waals surface area contributed by atoms with Gasteiger partial charge in [0.25, 0.3) is 0 Å². The van der Waals surface area contributed by atoms with Crippen LogP contribution >= 0.6 is 0 Å². The normalized spacial score (nSPS) is 22.8. The average Bonchev–Trinajstić information content (AvgIpc) is 2.79. The van der Waals surface area contributed by atoms with Gasteiger partial charge in [0.2, 0.25) is 0 Å². The van der Waals surface area contributed by atoms with Gasteiger partial charge in [0.05, 0.1) is 16.9 Å². The Morgan fingerprint density at radius 3 is 2.66 bits per heavy atom. The molecule has 0 spiro atoms. The van der Waals surface area contributed by atoms with Gasteiger partial charge in [0.1, 0.15) is 12.4 Å². The van der Waals surface area contributed by atoms with Crippen molar-refractivity contribution in [3.05, 3.63) is 69.3 Å². The van der Waals surface area contributed by atoms with Crippen molar-refractivity contribution < 1.29 is 19.0 Å². The number of hydrogen-bond donors (Lipinski definition) is 1. The van der Waals surface area contributed by atoms with Crippen LogP contribution in [0.3, 0.4) is 0 Å². The maximum atomic E-state index is 14.7. The number of ether oxygens (including phenoxy) is 1. The van der Waals surface area contributed by atoms with Crippen molar-refractivity contribution in [2.45, 2.75) is 52.1 Å². The van der Waals surface area contributed by atoms with E-state index in [2.05, 4.69) is 6.58 Å². The smallest absolute Gasteiger partial charge is 0.343 e. The zero-order valence-electron chi connectivity index (χ0n) is 18.9. The Hall–Kier alpha value is -2.99. The summed E-state index contributed by atoms with van der Waals surface area (Å²) in [5, 5.41) is 12.2. The van der Waals surface area contributed by atoms with Crippen molar-refractivity contribution in [1.82, 2.24) is 9.88 Å². The van der Waals surface area contributed by atoms with E-state index in [1.165, 1.54) is 11.6 Å². The largest absolute Gasteiger partial charge is 0.458 e. The lowest BCUT2D eigenvalue weighted by molar-refractivity contribution is -0.162. The molecule has 1 N–H and O–H groups in total. The Bertz CT molecular complexity index is 1290. The third kappa shape index (κ3) is 2.65. The molecule has 1 aliphatic carbocycles. The number of carbonyl (C=O) groups is 1. The quantitative estimate of drug-likeness (QED) is 0.715. The molecule has 0 unspecified atom stereocenters. The molecule has 5 nitrogen and oxygen atoms in total. The molecule has 2 aliphatic heterocycles. The summed E-state index contributed by atoms with van der Waals surface area (Å²) < 4.78 is 20.0. The number of carbonyl (C=O) groups excluding carboxylic acids is 1. The molecule has 0 amide bonds.